The summed E-state index contributed by atoms with van der Waals surface area (Å²) in [5.74, 6) is 1.61. The van der Waals surface area contributed by atoms with Crippen LogP contribution in [0.15, 0.2) is 17.3 Å². The summed E-state index contributed by atoms with van der Waals surface area (Å²) in [6, 6.07) is 0. The molecule has 0 fully saturated rings. The van der Waals surface area contributed by atoms with E-state index in [9.17, 15) is 0 Å². The first kappa shape index (κ1) is 8.31. The van der Waals surface area contributed by atoms with Crippen molar-refractivity contribution in [3.8, 4) is 0 Å². The third kappa shape index (κ3) is 1.30. The summed E-state index contributed by atoms with van der Waals surface area (Å²) < 4.78 is 5.37. The lowest BCUT2D eigenvalue weighted by Gasteiger charge is -2.16. The van der Waals surface area contributed by atoms with E-state index in [-0.39, 0.29) is 5.54 Å². The molecule has 0 saturated heterocycles. The van der Waals surface area contributed by atoms with Crippen LogP contribution in [0, 0.1) is 0 Å². The normalized spacial score (nSPS) is 30.1. The van der Waals surface area contributed by atoms with Crippen molar-refractivity contribution in [2.24, 2.45) is 4.99 Å². The Morgan fingerprint density at radius 3 is 2.45 bits per heavy atom. The molecule has 0 bridgehead atoms. The standard InChI is InChI=1S/C9H15NO/c1-5-8-10-9(4,6-2)7(3)11-8/h3,5-6H2,1-2,4H3. The summed E-state index contributed by atoms with van der Waals surface area (Å²) in [4.78, 5) is 4.43. The van der Waals surface area contributed by atoms with Gasteiger partial charge in [-0.1, -0.05) is 20.4 Å². The molecule has 0 saturated carbocycles. The van der Waals surface area contributed by atoms with Crippen molar-refractivity contribution in [2.45, 2.75) is 39.2 Å². The Kier molecular flexibility index (Phi) is 2.03. The zero-order valence-electron chi connectivity index (χ0n) is 7.48. The average molecular weight is 153 g/mol. The highest BCUT2D eigenvalue weighted by Crippen LogP contribution is 2.31. The minimum Gasteiger partial charge on any atom is -0.446 e. The van der Waals surface area contributed by atoms with Gasteiger partial charge in [0.2, 0.25) is 0 Å². The smallest absolute Gasteiger partial charge is 0.190 e. The molecule has 1 heterocycles. The second-order valence-electron chi connectivity index (χ2n) is 3.01. The third-order valence-electron chi connectivity index (χ3n) is 2.20. The Labute approximate surface area is 68.0 Å². The maximum Gasteiger partial charge on any atom is 0.190 e. The molecule has 1 aliphatic heterocycles. The Hall–Kier alpha value is -0.790. The molecule has 0 radical (unpaired) electrons. The molecule has 2 nitrogen and oxygen atoms in total. The molecule has 0 aliphatic carbocycles. The molecule has 1 atom stereocenters. The number of hydrogen-bond donors (Lipinski definition) is 0. The highest BCUT2D eigenvalue weighted by Gasteiger charge is 2.33. The molecule has 1 unspecified atom stereocenters. The van der Waals surface area contributed by atoms with Crippen LogP contribution < -0.4 is 0 Å². The van der Waals surface area contributed by atoms with Gasteiger partial charge < -0.3 is 4.74 Å². The lowest BCUT2D eigenvalue weighted by molar-refractivity contribution is 0.360. The molecular weight excluding hydrogens is 138 g/mol. The molecule has 0 spiro atoms. The van der Waals surface area contributed by atoms with E-state index in [1.54, 1.807) is 0 Å². The van der Waals surface area contributed by atoms with E-state index < -0.39 is 0 Å². The fraction of sp³-hybridized carbons (Fsp3) is 0.667. The molecule has 1 aliphatic rings. The van der Waals surface area contributed by atoms with E-state index in [1.807, 2.05) is 6.92 Å². The molecule has 0 amide bonds. The van der Waals surface area contributed by atoms with Gasteiger partial charge in [0, 0.05) is 6.42 Å². The first-order chi connectivity index (χ1) is 5.12. The molecule has 62 valence electrons. The quantitative estimate of drug-likeness (QED) is 0.597. The fourth-order valence-corrected chi connectivity index (χ4v) is 1.04. The van der Waals surface area contributed by atoms with Crippen molar-refractivity contribution in [3.05, 3.63) is 12.3 Å². The molecule has 11 heavy (non-hydrogen) atoms. The minimum atomic E-state index is -0.161. The average Bonchev–Trinajstić information content (AvgIpc) is 2.29. The highest BCUT2D eigenvalue weighted by atomic mass is 16.5. The van der Waals surface area contributed by atoms with Crippen LogP contribution in [0.2, 0.25) is 0 Å². The molecule has 0 aromatic carbocycles. The van der Waals surface area contributed by atoms with E-state index in [2.05, 4.69) is 25.4 Å². The van der Waals surface area contributed by atoms with Crippen LogP contribution >= 0.6 is 0 Å². The molecule has 1 rings (SSSR count). The van der Waals surface area contributed by atoms with Crippen molar-refractivity contribution in [3.63, 3.8) is 0 Å². The van der Waals surface area contributed by atoms with Gasteiger partial charge in [-0.05, 0) is 13.3 Å². The number of ether oxygens (including phenoxy) is 1. The van der Waals surface area contributed by atoms with E-state index in [1.165, 1.54) is 0 Å². The molecule has 0 aromatic rings. The van der Waals surface area contributed by atoms with Crippen LogP contribution in [-0.2, 0) is 4.74 Å². The topological polar surface area (TPSA) is 21.6 Å². The second kappa shape index (κ2) is 2.68. The number of nitrogens with zero attached hydrogens (tertiary/aromatic N) is 1. The molecule has 2 heteroatoms. The third-order valence-corrected chi connectivity index (χ3v) is 2.20. The van der Waals surface area contributed by atoms with E-state index in [0.717, 1.165) is 24.5 Å². The molecule has 0 aromatic heterocycles. The van der Waals surface area contributed by atoms with Gasteiger partial charge in [0.05, 0.1) is 0 Å². The molecule has 0 N–H and O–H groups in total. The summed E-state index contributed by atoms with van der Waals surface area (Å²) in [5, 5.41) is 0. The van der Waals surface area contributed by atoms with Gasteiger partial charge in [-0.3, -0.25) is 0 Å². The van der Waals surface area contributed by atoms with Crippen molar-refractivity contribution < 1.29 is 4.74 Å². The Bertz CT molecular complexity index is 208. The lowest BCUT2D eigenvalue weighted by atomic mass is 9.99. The summed E-state index contributed by atoms with van der Waals surface area (Å²) in [5.41, 5.74) is -0.161. The summed E-state index contributed by atoms with van der Waals surface area (Å²) in [6.45, 7) is 10.0. The Morgan fingerprint density at radius 1 is 1.55 bits per heavy atom. The van der Waals surface area contributed by atoms with Crippen molar-refractivity contribution in [2.75, 3.05) is 0 Å². The van der Waals surface area contributed by atoms with Crippen molar-refractivity contribution in [1.29, 1.82) is 0 Å². The molecular formula is C9H15NO. The predicted molar refractivity (Wildman–Crippen MR) is 46.6 cm³/mol. The number of hydrogen-bond acceptors (Lipinski definition) is 2. The summed E-state index contributed by atoms with van der Waals surface area (Å²) >= 11 is 0. The van der Waals surface area contributed by atoms with Crippen molar-refractivity contribution in [1.82, 2.24) is 0 Å². The first-order valence-corrected chi connectivity index (χ1v) is 4.08. The van der Waals surface area contributed by atoms with Crippen LogP contribution in [0.1, 0.15) is 33.6 Å². The van der Waals surface area contributed by atoms with Gasteiger partial charge >= 0.3 is 0 Å². The number of rotatable bonds is 2. The minimum absolute atomic E-state index is 0.161. The first-order valence-electron chi connectivity index (χ1n) is 4.08. The maximum atomic E-state index is 5.37. The zero-order valence-corrected chi connectivity index (χ0v) is 7.48. The Balaban J connectivity index is 2.83. The fourth-order valence-electron chi connectivity index (χ4n) is 1.04. The van der Waals surface area contributed by atoms with Gasteiger partial charge in [-0.15, -0.1) is 0 Å². The van der Waals surface area contributed by atoms with Gasteiger partial charge in [0.15, 0.2) is 5.90 Å². The largest absolute Gasteiger partial charge is 0.446 e. The van der Waals surface area contributed by atoms with Crippen LogP contribution in [0.25, 0.3) is 0 Å². The van der Waals surface area contributed by atoms with Crippen LogP contribution in [0.4, 0.5) is 0 Å². The second-order valence-corrected chi connectivity index (χ2v) is 3.01. The van der Waals surface area contributed by atoms with Gasteiger partial charge in [-0.2, -0.15) is 0 Å². The van der Waals surface area contributed by atoms with Gasteiger partial charge in [0.25, 0.3) is 0 Å². The van der Waals surface area contributed by atoms with E-state index >= 15 is 0 Å². The number of aliphatic imine (C=N–C) groups is 1. The van der Waals surface area contributed by atoms with Crippen LogP contribution in [0.5, 0.6) is 0 Å². The summed E-state index contributed by atoms with van der Waals surface area (Å²) in [7, 11) is 0. The SMILES string of the molecule is C=C1OC(CC)=NC1(C)CC. The highest BCUT2D eigenvalue weighted by molar-refractivity contribution is 5.80. The van der Waals surface area contributed by atoms with E-state index in [0.29, 0.717) is 0 Å². The Morgan fingerprint density at radius 2 is 2.18 bits per heavy atom. The zero-order chi connectivity index (χ0) is 8.48. The van der Waals surface area contributed by atoms with Crippen molar-refractivity contribution >= 4 is 5.90 Å². The van der Waals surface area contributed by atoms with Crippen LogP contribution in [0.3, 0.4) is 0 Å². The summed E-state index contributed by atoms with van der Waals surface area (Å²) in [6.07, 6.45) is 1.81. The lowest BCUT2D eigenvalue weighted by Crippen LogP contribution is -2.19. The van der Waals surface area contributed by atoms with Gasteiger partial charge in [0.1, 0.15) is 11.3 Å². The van der Waals surface area contributed by atoms with E-state index in [4.69, 9.17) is 4.74 Å². The predicted octanol–water partition coefficient (Wildman–Crippen LogP) is 2.51. The van der Waals surface area contributed by atoms with Gasteiger partial charge in [-0.25, -0.2) is 4.99 Å². The maximum absolute atomic E-state index is 5.37. The van der Waals surface area contributed by atoms with Crippen LogP contribution in [-0.4, -0.2) is 11.4 Å². The monoisotopic (exact) mass is 153 g/mol.